The molecule has 1 atom stereocenters. The summed E-state index contributed by atoms with van der Waals surface area (Å²) < 4.78 is 44.1. The Morgan fingerprint density at radius 2 is 2.09 bits per heavy atom. The van der Waals surface area contributed by atoms with Crippen molar-refractivity contribution in [3.63, 3.8) is 0 Å². The van der Waals surface area contributed by atoms with Gasteiger partial charge in [0.1, 0.15) is 17.8 Å². The van der Waals surface area contributed by atoms with Gasteiger partial charge in [0.2, 0.25) is 5.91 Å². The Morgan fingerprint density at radius 1 is 1.30 bits per heavy atom. The van der Waals surface area contributed by atoms with Gasteiger partial charge in [-0.15, -0.1) is 0 Å². The molecule has 9 heteroatoms. The van der Waals surface area contributed by atoms with Crippen LogP contribution in [0.1, 0.15) is 12.1 Å². The van der Waals surface area contributed by atoms with Crippen molar-refractivity contribution in [1.29, 1.82) is 0 Å². The maximum absolute atomic E-state index is 12.8. The molecule has 0 radical (unpaired) electrons. The van der Waals surface area contributed by atoms with Crippen molar-refractivity contribution in [2.24, 2.45) is 5.41 Å². The minimum Gasteiger partial charge on any atom is -0.379 e. The zero-order valence-electron chi connectivity index (χ0n) is 12.6. The third-order valence-corrected chi connectivity index (χ3v) is 4.23. The molecule has 0 N–H and O–H groups in total. The molecule has 1 aromatic rings. The van der Waals surface area contributed by atoms with Crippen molar-refractivity contribution in [3.8, 4) is 0 Å². The fourth-order valence-electron chi connectivity index (χ4n) is 3.17. The number of nitrogens with zero attached hydrogens (tertiary/aromatic N) is 4. The number of alkyl halides is 3. The monoisotopic (exact) mass is 330 g/mol. The zero-order chi connectivity index (χ0) is 16.7. The van der Waals surface area contributed by atoms with Gasteiger partial charge in [-0.1, -0.05) is 0 Å². The number of likely N-dealkylation sites (tertiary alicyclic amines) is 1. The summed E-state index contributed by atoms with van der Waals surface area (Å²) >= 11 is 0. The summed E-state index contributed by atoms with van der Waals surface area (Å²) in [4.78, 5) is 22.5. The van der Waals surface area contributed by atoms with Crippen molar-refractivity contribution >= 4 is 11.7 Å². The van der Waals surface area contributed by atoms with Gasteiger partial charge in [0.05, 0.1) is 13.2 Å². The van der Waals surface area contributed by atoms with Crippen LogP contribution >= 0.6 is 0 Å². The normalized spacial score (nSPS) is 26.0. The van der Waals surface area contributed by atoms with E-state index in [4.69, 9.17) is 4.74 Å². The number of aromatic nitrogens is 2. The molecule has 2 aliphatic rings. The van der Waals surface area contributed by atoms with Crippen molar-refractivity contribution in [2.45, 2.75) is 12.6 Å². The van der Waals surface area contributed by atoms with E-state index >= 15 is 0 Å². The summed E-state index contributed by atoms with van der Waals surface area (Å²) in [5, 5.41) is 0. The van der Waals surface area contributed by atoms with Gasteiger partial charge in [-0.25, -0.2) is 9.97 Å². The number of anilines is 1. The van der Waals surface area contributed by atoms with Gasteiger partial charge in [0, 0.05) is 44.6 Å². The zero-order valence-corrected chi connectivity index (χ0v) is 12.6. The van der Waals surface area contributed by atoms with Crippen molar-refractivity contribution in [2.75, 3.05) is 44.8 Å². The van der Waals surface area contributed by atoms with Crippen LogP contribution in [0.4, 0.5) is 19.0 Å². The van der Waals surface area contributed by atoms with Gasteiger partial charge >= 0.3 is 6.18 Å². The highest BCUT2D eigenvalue weighted by Gasteiger charge is 2.44. The first-order valence-corrected chi connectivity index (χ1v) is 7.25. The van der Waals surface area contributed by atoms with Crippen molar-refractivity contribution in [1.82, 2.24) is 14.9 Å². The molecule has 3 heterocycles. The van der Waals surface area contributed by atoms with E-state index in [1.165, 1.54) is 0 Å². The van der Waals surface area contributed by atoms with Crippen LogP contribution in [0.5, 0.6) is 0 Å². The largest absolute Gasteiger partial charge is 0.433 e. The lowest BCUT2D eigenvalue weighted by atomic mass is 9.87. The molecule has 6 nitrogen and oxygen atoms in total. The Labute approximate surface area is 131 Å². The number of carbonyl (C=O) groups is 1. The summed E-state index contributed by atoms with van der Waals surface area (Å²) in [7, 11) is 1.72. The van der Waals surface area contributed by atoms with E-state index in [-0.39, 0.29) is 11.7 Å². The highest BCUT2D eigenvalue weighted by molar-refractivity contribution is 5.79. The van der Waals surface area contributed by atoms with E-state index in [2.05, 4.69) is 9.97 Å². The van der Waals surface area contributed by atoms with E-state index in [1.807, 2.05) is 0 Å². The van der Waals surface area contributed by atoms with Crippen LogP contribution in [0.15, 0.2) is 12.4 Å². The number of carbonyl (C=O) groups excluding carboxylic acids is 1. The SMILES string of the molecule is CN1C[C@@]2(COCCN(c3cc(C(F)(F)F)ncn3)C2)CC1=O. The summed E-state index contributed by atoms with van der Waals surface area (Å²) in [5.74, 6) is 0.230. The number of amides is 1. The maximum atomic E-state index is 12.8. The molecule has 1 spiro atoms. The van der Waals surface area contributed by atoms with Crippen LogP contribution in [0.25, 0.3) is 0 Å². The van der Waals surface area contributed by atoms with E-state index in [1.54, 1.807) is 16.8 Å². The first-order chi connectivity index (χ1) is 10.8. The quantitative estimate of drug-likeness (QED) is 0.774. The molecule has 126 valence electrons. The second-order valence-electron chi connectivity index (χ2n) is 6.16. The first-order valence-electron chi connectivity index (χ1n) is 7.25. The van der Waals surface area contributed by atoms with Crippen LogP contribution in [-0.2, 0) is 15.7 Å². The Hall–Kier alpha value is -1.90. The number of rotatable bonds is 1. The van der Waals surface area contributed by atoms with Crippen LogP contribution in [-0.4, -0.2) is 60.7 Å². The van der Waals surface area contributed by atoms with Gasteiger partial charge in [0.25, 0.3) is 0 Å². The standard InChI is InChI=1S/C14H17F3N4O2/c1-20-6-13(5-12(20)22)7-21(2-3-23-8-13)11-4-10(14(15,16)17)18-9-19-11/h4,9H,2-3,5-8H2,1H3/t13-/m0/s1. The molecular formula is C14H17F3N4O2. The van der Waals surface area contributed by atoms with Crippen LogP contribution in [0.3, 0.4) is 0 Å². The first kappa shape index (κ1) is 16.0. The molecule has 3 rings (SSSR count). The van der Waals surface area contributed by atoms with Gasteiger partial charge in [-0.3, -0.25) is 4.79 Å². The minimum absolute atomic E-state index is 0.0223. The van der Waals surface area contributed by atoms with Crippen LogP contribution in [0.2, 0.25) is 0 Å². The maximum Gasteiger partial charge on any atom is 0.433 e. The fraction of sp³-hybridized carbons (Fsp3) is 0.643. The number of hydrogen-bond donors (Lipinski definition) is 0. The highest BCUT2D eigenvalue weighted by atomic mass is 19.4. The number of ether oxygens (including phenoxy) is 1. The third-order valence-electron chi connectivity index (χ3n) is 4.23. The predicted molar refractivity (Wildman–Crippen MR) is 74.8 cm³/mol. The second-order valence-corrected chi connectivity index (χ2v) is 6.16. The van der Waals surface area contributed by atoms with E-state index in [9.17, 15) is 18.0 Å². The highest BCUT2D eigenvalue weighted by Crippen LogP contribution is 2.35. The van der Waals surface area contributed by atoms with Crippen LogP contribution in [0, 0.1) is 5.41 Å². The van der Waals surface area contributed by atoms with E-state index in [0.717, 1.165) is 12.4 Å². The van der Waals surface area contributed by atoms with Crippen molar-refractivity contribution < 1.29 is 22.7 Å². The van der Waals surface area contributed by atoms with Gasteiger partial charge in [0.15, 0.2) is 0 Å². The molecule has 0 saturated carbocycles. The molecule has 0 bridgehead atoms. The lowest BCUT2D eigenvalue weighted by molar-refractivity contribution is -0.141. The molecule has 0 aromatic carbocycles. The number of halogens is 3. The summed E-state index contributed by atoms with van der Waals surface area (Å²) in [6.45, 7) is 2.17. The van der Waals surface area contributed by atoms with E-state index in [0.29, 0.717) is 39.3 Å². The summed E-state index contributed by atoms with van der Waals surface area (Å²) in [6, 6.07) is 0.944. The lowest BCUT2D eigenvalue weighted by Crippen LogP contribution is -2.40. The average Bonchev–Trinajstić information content (AvgIpc) is 2.65. The van der Waals surface area contributed by atoms with Gasteiger partial charge < -0.3 is 14.5 Å². The smallest absolute Gasteiger partial charge is 0.379 e. The van der Waals surface area contributed by atoms with Gasteiger partial charge in [-0.2, -0.15) is 13.2 Å². The average molecular weight is 330 g/mol. The topological polar surface area (TPSA) is 58.6 Å². The molecule has 2 aliphatic heterocycles. The molecule has 2 fully saturated rings. The Bertz CT molecular complexity index is 610. The summed E-state index contributed by atoms with van der Waals surface area (Å²) in [6.07, 6.45) is -3.26. The lowest BCUT2D eigenvalue weighted by Gasteiger charge is -2.31. The molecular weight excluding hydrogens is 313 g/mol. The van der Waals surface area contributed by atoms with Crippen LogP contribution < -0.4 is 4.90 Å². The summed E-state index contributed by atoms with van der Waals surface area (Å²) in [5.41, 5.74) is -1.38. The predicted octanol–water partition coefficient (Wildman–Crippen LogP) is 1.18. The Kier molecular flexibility index (Phi) is 3.91. The number of hydrogen-bond acceptors (Lipinski definition) is 5. The van der Waals surface area contributed by atoms with Crippen molar-refractivity contribution in [3.05, 3.63) is 18.1 Å². The van der Waals surface area contributed by atoms with Gasteiger partial charge in [-0.05, 0) is 0 Å². The molecule has 1 aromatic heterocycles. The molecule has 2 saturated heterocycles. The Morgan fingerprint density at radius 3 is 2.74 bits per heavy atom. The van der Waals surface area contributed by atoms with E-state index < -0.39 is 17.3 Å². The Balaban J connectivity index is 1.86. The molecule has 0 unspecified atom stereocenters. The molecule has 0 aliphatic carbocycles. The molecule has 23 heavy (non-hydrogen) atoms. The second kappa shape index (κ2) is 5.63. The third kappa shape index (κ3) is 3.24. The minimum atomic E-state index is -4.51. The molecule has 1 amide bonds. The fourth-order valence-corrected chi connectivity index (χ4v) is 3.17.